The standard InChI is InChI=1S/C12H15N3/c1-15-8-5-10(4-6-13)12(15)11-3-2-7-14-9-11/h2-3,7,9-10,12H,4-5,8H2,1H3/t10-,12-/m0/s1. The van der Waals surface area contributed by atoms with Gasteiger partial charge in [0, 0.05) is 24.9 Å². The highest BCUT2D eigenvalue weighted by atomic mass is 15.2. The van der Waals surface area contributed by atoms with Gasteiger partial charge in [-0.25, -0.2) is 0 Å². The van der Waals surface area contributed by atoms with Gasteiger partial charge in [-0.1, -0.05) is 6.07 Å². The fraction of sp³-hybridized carbons (Fsp3) is 0.500. The van der Waals surface area contributed by atoms with Gasteiger partial charge in [0.2, 0.25) is 0 Å². The SMILES string of the molecule is CN1CC[C@H](CC#N)[C@H]1c1cccnc1. The Morgan fingerprint density at radius 3 is 3.20 bits per heavy atom. The third kappa shape index (κ3) is 2.00. The van der Waals surface area contributed by atoms with Crippen molar-refractivity contribution < 1.29 is 0 Å². The number of likely N-dealkylation sites (tertiary alicyclic amines) is 1. The van der Waals surface area contributed by atoms with E-state index in [1.807, 2.05) is 12.3 Å². The van der Waals surface area contributed by atoms with Gasteiger partial charge in [0.1, 0.15) is 0 Å². The first kappa shape index (κ1) is 10.1. The molecule has 0 unspecified atom stereocenters. The van der Waals surface area contributed by atoms with Gasteiger partial charge < -0.3 is 0 Å². The van der Waals surface area contributed by atoms with Crippen LogP contribution in [0.2, 0.25) is 0 Å². The van der Waals surface area contributed by atoms with Crippen LogP contribution in [0.4, 0.5) is 0 Å². The maximum atomic E-state index is 8.79. The zero-order chi connectivity index (χ0) is 10.7. The zero-order valence-corrected chi connectivity index (χ0v) is 8.93. The molecule has 1 saturated heterocycles. The number of pyridine rings is 1. The lowest BCUT2D eigenvalue weighted by atomic mass is 9.92. The van der Waals surface area contributed by atoms with Crippen molar-refractivity contribution in [2.24, 2.45) is 5.92 Å². The highest BCUT2D eigenvalue weighted by Gasteiger charge is 2.32. The topological polar surface area (TPSA) is 39.9 Å². The summed E-state index contributed by atoms with van der Waals surface area (Å²) in [5, 5.41) is 8.79. The van der Waals surface area contributed by atoms with E-state index in [0.717, 1.165) is 13.0 Å². The van der Waals surface area contributed by atoms with Gasteiger partial charge in [0.05, 0.1) is 6.07 Å². The minimum absolute atomic E-state index is 0.373. The molecule has 0 N–H and O–H groups in total. The van der Waals surface area contributed by atoms with Crippen molar-refractivity contribution in [2.75, 3.05) is 13.6 Å². The van der Waals surface area contributed by atoms with Crippen LogP contribution in [0.3, 0.4) is 0 Å². The summed E-state index contributed by atoms with van der Waals surface area (Å²) in [6.45, 7) is 1.08. The third-order valence-corrected chi connectivity index (χ3v) is 3.15. The highest BCUT2D eigenvalue weighted by Crippen LogP contribution is 2.37. The number of hydrogen-bond donors (Lipinski definition) is 0. The molecule has 0 saturated carbocycles. The van der Waals surface area contributed by atoms with Crippen molar-refractivity contribution in [1.82, 2.24) is 9.88 Å². The first-order valence-electron chi connectivity index (χ1n) is 5.30. The van der Waals surface area contributed by atoms with Crippen LogP contribution < -0.4 is 0 Å². The Bertz CT molecular complexity index is 355. The second-order valence-corrected chi connectivity index (χ2v) is 4.12. The summed E-state index contributed by atoms with van der Waals surface area (Å²) in [7, 11) is 2.12. The van der Waals surface area contributed by atoms with Crippen LogP contribution in [0.5, 0.6) is 0 Å². The van der Waals surface area contributed by atoms with E-state index in [4.69, 9.17) is 5.26 Å². The quantitative estimate of drug-likeness (QED) is 0.734. The Labute approximate surface area is 90.4 Å². The first-order valence-corrected chi connectivity index (χ1v) is 5.30. The predicted octanol–water partition coefficient (Wildman–Crippen LogP) is 1.99. The molecule has 3 heteroatoms. The highest BCUT2D eigenvalue weighted by molar-refractivity contribution is 5.17. The molecule has 2 atom stereocenters. The van der Waals surface area contributed by atoms with Gasteiger partial charge in [0.15, 0.2) is 0 Å². The number of nitriles is 1. The van der Waals surface area contributed by atoms with E-state index in [-0.39, 0.29) is 0 Å². The third-order valence-electron chi connectivity index (χ3n) is 3.15. The molecule has 1 aromatic rings. The lowest BCUT2D eigenvalue weighted by Gasteiger charge is -2.23. The summed E-state index contributed by atoms with van der Waals surface area (Å²) in [5.74, 6) is 0.462. The average Bonchev–Trinajstić information content (AvgIpc) is 2.62. The molecule has 0 spiro atoms. The Hall–Kier alpha value is -1.40. The maximum absolute atomic E-state index is 8.79. The zero-order valence-electron chi connectivity index (χ0n) is 8.93. The molecule has 1 fully saturated rings. The molecule has 0 aliphatic carbocycles. The van der Waals surface area contributed by atoms with Crippen molar-refractivity contribution >= 4 is 0 Å². The van der Waals surface area contributed by atoms with Gasteiger partial charge in [-0.15, -0.1) is 0 Å². The Kier molecular flexibility index (Phi) is 2.98. The number of rotatable bonds is 2. The molecule has 15 heavy (non-hydrogen) atoms. The molecule has 1 aliphatic rings. The number of hydrogen-bond acceptors (Lipinski definition) is 3. The van der Waals surface area contributed by atoms with E-state index in [1.165, 1.54) is 5.56 Å². The molecule has 2 rings (SSSR count). The van der Waals surface area contributed by atoms with Crippen molar-refractivity contribution in [1.29, 1.82) is 5.26 Å². The summed E-state index contributed by atoms with van der Waals surface area (Å²) < 4.78 is 0. The molecule has 0 radical (unpaired) electrons. The van der Waals surface area contributed by atoms with Crippen LogP contribution in [0, 0.1) is 17.2 Å². The van der Waals surface area contributed by atoms with Gasteiger partial charge in [0.25, 0.3) is 0 Å². The Morgan fingerprint density at radius 1 is 1.67 bits per heavy atom. The molecule has 0 bridgehead atoms. The van der Waals surface area contributed by atoms with E-state index < -0.39 is 0 Å². The average molecular weight is 201 g/mol. The summed E-state index contributed by atoms with van der Waals surface area (Å²) in [4.78, 5) is 6.47. The number of nitrogens with zero attached hydrogens (tertiary/aromatic N) is 3. The monoisotopic (exact) mass is 201 g/mol. The van der Waals surface area contributed by atoms with Crippen molar-refractivity contribution in [2.45, 2.75) is 18.9 Å². The normalized spacial score (nSPS) is 26.4. The largest absolute Gasteiger partial charge is 0.299 e. The summed E-state index contributed by atoms with van der Waals surface area (Å²) in [6, 6.07) is 6.72. The van der Waals surface area contributed by atoms with E-state index in [9.17, 15) is 0 Å². The van der Waals surface area contributed by atoms with Gasteiger partial charge >= 0.3 is 0 Å². The van der Waals surface area contributed by atoms with Crippen LogP contribution in [-0.4, -0.2) is 23.5 Å². The molecule has 2 heterocycles. The van der Waals surface area contributed by atoms with Gasteiger partial charge in [-0.2, -0.15) is 5.26 Å². The van der Waals surface area contributed by atoms with Crippen molar-refractivity contribution in [3.8, 4) is 6.07 Å². The molecular weight excluding hydrogens is 186 g/mol. The smallest absolute Gasteiger partial charge is 0.0625 e. The van der Waals surface area contributed by atoms with E-state index in [2.05, 4.69) is 29.1 Å². The molecule has 3 nitrogen and oxygen atoms in total. The fourth-order valence-corrected chi connectivity index (χ4v) is 2.43. The van der Waals surface area contributed by atoms with E-state index in [0.29, 0.717) is 18.4 Å². The van der Waals surface area contributed by atoms with Gasteiger partial charge in [-0.3, -0.25) is 9.88 Å². The van der Waals surface area contributed by atoms with Crippen molar-refractivity contribution in [3.05, 3.63) is 30.1 Å². The van der Waals surface area contributed by atoms with E-state index in [1.54, 1.807) is 6.20 Å². The van der Waals surface area contributed by atoms with Crippen LogP contribution in [-0.2, 0) is 0 Å². The van der Waals surface area contributed by atoms with Crippen molar-refractivity contribution in [3.63, 3.8) is 0 Å². The second kappa shape index (κ2) is 4.41. The number of aromatic nitrogens is 1. The summed E-state index contributed by atoms with van der Waals surface area (Å²) >= 11 is 0. The van der Waals surface area contributed by atoms with Crippen LogP contribution in [0.15, 0.2) is 24.5 Å². The molecule has 0 amide bonds. The Morgan fingerprint density at radius 2 is 2.53 bits per heavy atom. The van der Waals surface area contributed by atoms with Crippen LogP contribution in [0.25, 0.3) is 0 Å². The molecule has 0 aromatic carbocycles. The molecular formula is C12H15N3. The first-order chi connectivity index (χ1) is 7.33. The predicted molar refractivity (Wildman–Crippen MR) is 57.9 cm³/mol. The maximum Gasteiger partial charge on any atom is 0.0625 e. The minimum Gasteiger partial charge on any atom is -0.299 e. The second-order valence-electron chi connectivity index (χ2n) is 4.12. The lowest BCUT2D eigenvalue weighted by molar-refractivity contribution is 0.278. The van der Waals surface area contributed by atoms with Crippen LogP contribution in [0.1, 0.15) is 24.4 Å². The van der Waals surface area contributed by atoms with Crippen LogP contribution >= 0.6 is 0 Å². The van der Waals surface area contributed by atoms with E-state index >= 15 is 0 Å². The lowest BCUT2D eigenvalue weighted by Crippen LogP contribution is -2.21. The van der Waals surface area contributed by atoms with Gasteiger partial charge in [-0.05, 0) is 37.6 Å². The summed E-state index contributed by atoms with van der Waals surface area (Å²) in [5.41, 5.74) is 1.23. The minimum atomic E-state index is 0.373. The molecule has 78 valence electrons. The molecule has 1 aromatic heterocycles. The fourth-order valence-electron chi connectivity index (χ4n) is 2.43. The Balaban J connectivity index is 2.22. The molecule has 1 aliphatic heterocycles. The summed E-state index contributed by atoms with van der Waals surface area (Å²) in [6.07, 6.45) is 5.46.